The fraction of sp³-hybridized carbons (Fsp3) is 0.429. The third-order valence-corrected chi connectivity index (χ3v) is 16.4. The fourth-order valence-corrected chi connectivity index (χ4v) is 15.2. The summed E-state index contributed by atoms with van der Waals surface area (Å²) in [4.78, 5) is 0. The van der Waals surface area contributed by atoms with Crippen molar-refractivity contribution in [3.05, 3.63) is 60.7 Å². The van der Waals surface area contributed by atoms with Crippen LogP contribution in [0.2, 0.25) is 0 Å². The van der Waals surface area contributed by atoms with E-state index in [0.29, 0.717) is 19.8 Å². The molecule has 3 nitrogen and oxygen atoms in total. The second-order valence-electron chi connectivity index (χ2n) is 6.05. The van der Waals surface area contributed by atoms with Gasteiger partial charge in [0.15, 0.2) is 0 Å². The van der Waals surface area contributed by atoms with Gasteiger partial charge in [0.05, 0.1) is 0 Å². The Hall–Kier alpha value is -0.862. The molecule has 0 amide bonds. The number of hydrogen-bond donors (Lipinski definition) is 0. The summed E-state index contributed by atoms with van der Waals surface area (Å²) in [7, 11) is 0. The van der Waals surface area contributed by atoms with Crippen LogP contribution in [0.15, 0.2) is 60.7 Å². The summed E-state index contributed by atoms with van der Waals surface area (Å²) >= 11 is -4.71. The van der Waals surface area contributed by atoms with Crippen molar-refractivity contribution in [2.24, 2.45) is 0 Å². The first-order chi connectivity index (χ1) is 12.2. The summed E-state index contributed by atoms with van der Waals surface area (Å²) in [5.41, 5.74) is 0. The van der Waals surface area contributed by atoms with Crippen LogP contribution in [-0.2, 0) is 9.05 Å². The van der Waals surface area contributed by atoms with Gasteiger partial charge < -0.3 is 0 Å². The summed E-state index contributed by atoms with van der Waals surface area (Å²) in [6, 6.07) is 20.7. The van der Waals surface area contributed by atoms with Crippen LogP contribution in [0, 0.1) is 0 Å². The zero-order valence-corrected chi connectivity index (χ0v) is 18.2. The van der Waals surface area contributed by atoms with E-state index >= 15 is 0 Å². The van der Waals surface area contributed by atoms with Crippen LogP contribution < -0.4 is 7.02 Å². The molecule has 0 N–H and O–H groups in total. The Morgan fingerprint density at radius 2 is 0.880 bits per heavy atom. The van der Waals surface area contributed by atoms with Crippen LogP contribution in [0.3, 0.4) is 0 Å². The van der Waals surface area contributed by atoms with E-state index in [-0.39, 0.29) is 0 Å². The van der Waals surface area contributed by atoms with Crippen molar-refractivity contribution >= 4 is 25.7 Å². The second-order valence-corrected chi connectivity index (χ2v) is 16.3. The molecule has 4 heteroatoms. The Morgan fingerprint density at radius 1 is 0.560 bits per heavy atom. The molecule has 0 aliphatic carbocycles. The van der Waals surface area contributed by atoms with Crippen molar-refractivity contribution in [3.8, 4) is 0 Å². The SMILES string of the molecule is CCC[O][Sb]([O]CCC)([O]CCC)([c]1ccccc1)[c]1ccccc1. The van der Waals surface area contributed by atoms with Gasteiger partial charge in [0.2, 0.25) is 0 Å². The third-order valence-electron chi connectivity index (χ3n) is 3.99. The summed E-state index contributed by atoms with van der Waals surface area (Å²) < 4.78 is 22.2. The van der Waals surface area contributed by atoms with Gasteiger partial charge in [0.25, 0.3) is 0 Å². The molecule has 25 heavy (non-hydrogen) atoms. The minimum absolute atomic E-state index is 0.624. The molecule has 2 aromatic rings. The maximum absolute atomic E-state index is 6.70. The van der Waals surface area contributed by atoms with Gasteiger partial charge in [-0.2, -0.15) is 0 Å². The Kier molecular flexibility index (Phi) is 7.96. The van der Waals surface area contributed by atoms with Crippen LogP contribution in [0.5, 0.6) is 0 Å². The van der Waals surface area contributed by atoms with Crippen LogP contribution >= 0.6 is 0 Å². The molecule has 0 aromatic heterocycles. The predicted octanol–water partition coefficient (Wildman–Crippen LogP) is 3.97. The van der Waals surface area contributed by atoms with Crippen molar-refractivity contribution in [2.45, 2.75) is 40.0 Å². The van der Waals surface area contributed by atoms with Crippen molar-refractivity contribution in [3.63, 3.8) is 0 Å². The standard InChI is InChI=1S/2C6H5.3C3H7O.Sb/c2*1-2-4-6-5-3-1;3*1-2-3-4;/h2*1-5H;3*2-3H2,1H3;/q;;3*-1;+3. The molecular formula is C21H31O3Sb. The van der Waals surface area contributed by atoms with Crippen molar-refractivity contribution in [1.82, 2.24) is 0 Å². The van der Waals surface area contributed by atoms with Crippen LogP contribution in [0.1, 0.15) is 40.0 Å². The average Bonchev–Trinajstić information content (AvgIpc) is 2.70. The van der Waals surface area contributed by atoms with E-state index in [1.54, 1.807) is 0 Å². The summed E-state index contributed by atoms with van der Waals surface area (Å²) in [6.07, 6.45) is 2.77. The van der Waals surface area contributed by atoms with Crippen LogP contribution in [0.4, 0.5) is 0 Å². The Labute approximate surface area is 155 Å². The molecule has 0 unspecified atom stereocenters. The first kappa shape index (κ1) is 20.5. The quantitative estimate of drug-likeness (QED) is 0.482. The molecule has 0 spiro atoms. The van der Waals surface area contributed by atoms with E-state index in [9.17, 15) is 0 Å². The van der Waals surface area contributed by atoms with Gasteiger partial charge >= 0.3 is 155 Å². The maximum atomic E-state index is 6.70. The first-order valence-electron chi connectivity index (χ1n) is 9.30. The first-order valence-corrected chi connectivity index (χ1v) is 15.0. The van der Waals surface area contributed by atoms with E-state index in [1.807, 2.05) is 36.4 Å². The van der Waals surface area contributed by atoms with E-state index < -0.39 is 18.7 Å². The van der Waals surface area contributed by atoms with Crippen LogP contribution in [0.25, 0.3) is 0 Å². The number of rotatable bonds is 11. The van der Waals surface area contributed by atoms with Gasteiger partial charge in [-0.25, -0.2) is 0 Å². The van der Waals surface area contributed by atoms with E-state index in [0.717, 1.165) is 26.3 Å². The van der Waals surface area contributed by atoms with Gasteiger partial charge in [-0.3, -0.25) is 0 Å². The summed E-state index contributed by atoms with van der Waals surface area (Å²) in [5.74, 6) is 0. The van der Waals surface area contributed by atoms with Crippen molar-refractivity contribution in [1.29, 1.82) is 0 Å². The van der Waals surface area contributed by atoms with Crippen LogP contribution in [-0.4, -0.2) is 38.5 Å². The molecule has 0 saturated heterocycles. The van der Waals surface area contributed by atoms with E-state index in [2.05, 4.69) is 45.0 Å². The molecule has 0 atom stereocenters. The molecular weight excluding hydrogens is 422 g/mol. The van der Waals surface area contributed by atoms with Gasteiger partial charge in [-0.15, -0.1) is 0 Å². The second kappa shape index (κ2) is 9.73. The molecule has 0 saturated carbocycles. The minimum atomic E-state index is -4.71. The van der Waals surface area contributed by atoms with Gasteiger partial charge in [-0.05, 0) is 0 Å². The van der Waals surface area contributed by atoms with Crippen molar-refractivity contribution < 1.29 is 9.05 Å². The Morgan fingerprint density at radius 3 is 1.16 bits per heavy atom. The Bertz CT molecular complexity index is 548. The molecule has 138 valence electrons. The molecule has 0 fully saturated rings. The number of hydrogen-bond acceptors (Lipinski definition) is 3. The topological polar surface area (TPSA) is 27.7 Å². The zero-order valence-electron chi connectivity index (χ0n) is 15.7. The van der Waals surface area contributed by atoms with E-state index in [4.69, 9.17) is 9.05 Å². The van der Waals surface area contributed by atoms with Gasteiger partial charge in [0, 0.05) is 0 Å². The molecule has 0 heterocycles. The molecule has 0 bridgehead atoms. The normalized spacial score (nSPS) is 13.3. The monoisotopic (exact) mass is 452 g/mol. The zero-order chi connectivity index (χ0) is 18.0. The summed E-state index contributed by atoms with van der Waals surface area (Å²) in [5, 5.41) is 0. The summed E-state index contributed by atoms with van der Waals surface area (Å²) in [6.45, 7) is 8.24. The molecule has 0 aliphatic heterocycles. The Balaban J connectivity index is 2.74. The van der Waals surface area contributed by atoms with Crippen molar-refractivity contribution in [2.75, 3.05) is 19.8 Å². The average molecular weight is 453 g/mol. The third kappa shape index (κ3) is 4.28. The fourth-order valence-electron chi connectivity index (χ4n) is 2.85. The molecule has 0 aliphatic rings. The molecule has 0 radical (unpaired) electrons. The molecule has 2 rings (SSSR count). The van der Waals surface area contributed by atoms with Gasteiger partial charge in [0.1, 0.15) is 0 Å². The van der Waals surface area contributed by atoms with E-state index in [1.165, 1.54) is 0 Å². The van der Waals surface area contributed by atoms with Gasteiger partial charge in [-0.1, -0.05) is 0 Å². The molecule has 2 aromatic carbocycles. The number of benzene rings is 2. The predicted molar refractivity (Wildman–Crippen MR) is 107 cm³/mol.